The lowest BCUT2D eigenvalue weighted by molar-refractivity contribution is 0.0594. The van der Waals surface area contributed by atoms with Gasteiger partial charge in [-0.15, -0.1) is 0 Å². The van der Waals surface area contributed by atoms with Crippen molar-refractivity contribution in [3.05, 3.63) is 47.6 Å². The van der Waals surface area contributed by atoms with Crippen LogP contribution in [-0.2, 0) is 11.2 Å². The van der Waals surface area contributed by atoms with Crippen molar-refractivity contribution in [1.29, 1.82) is 0 Å². The Morgan fingerprint density at radius 2 is 2.12 bits per heavy atom. The summed E-state index contributed by atoms with van der Waals surface area (Å²) in [6, 6.07) is 3.63. The number of rotatable bonds is 7. The molecule has 0 aromatic carbocycles. The Bertz CT molecular complexity index is 957. The van der Waals surface area contributed by atoms with E-state index in [1.165, 1.54) is 13.4 Å². The zero-order chi connectivity index (χ0) is 18.7. The highest BCUT2D eigenvalue weighted by atomic mass is 16.5. The van der Waals surface area contributed by atoms with E-state index in [9.17, 15) is 9.59 Å². The number of hydrogen-bond donors (Lipinski definition) is 0. The molecule has 8 heteroatoms. The van der Waals surface area contributed by atoms with Crippen LogP contribution in [0.5, 0.6) is 5.75 Å². The van der Waals surface area contributed by atoms with Gasteiger partial charge >= 0.3 is 5.97 Å². The smallest absolute Gasteiger partial charge is 0.360 e. The number of carbonyl (C=O) groups excluding carboxylic acids is 2. The number of carbonyl (C=O) groups is 2. The predicted octanol–water partition coefficient (Wildman–Crippen LogP) is 2.63. The van der Waals surface area contributed by atoms with Gasteiger partial charge in [-0.05, 0) is 26.0 Å². The number of ether oxygens (including phenoxy) is 2. The highest BCUT2D eigenvalue weighted by Gasteiger charge is 2.20. The second-order valence-corrected chi connectivity index (χ2v) is 5.59. The van der Waals surface area contributed by atoms with Crippen LogP contribution in [0.1, 0.15) is 45.9 Å². The number of aryl methyl sites for hydroxylation is 2. The summed E-state index contributed by atoms with van der Waals surface area (Å²) in [5.41, 5.74) is 1.83. The topological polar surface area (TPSA) is 95.9 Å². The summed E-state index contributed by atoms with van der Waals surface area (Å²) in [6.45, 7) is 4.20. The van der Waals surface area contributed by atoms with E-state index in [4.69, 9.17) is 9.15 Å². The van der Waals surface area contributed by atoms with E-state index in [0.29, 0.717) is 35.3 Å². The van der Waals surface area contributed by atoms with Crippen molar-refractivity contribution in [3.8, 4) is 5.75 Å². The molecule has 3 rings (SSSR count). The van der Waals surface area contributed by atoms with Crippen LogP contribution in [0.2, 0.25) is 0 Å². The molecule has 0 aliphatic carbocycles. The summed E-state index contributed by atoms with van der Waals surface area (Å²) in [4.78, 5) is 32.6. The highest BCUT2D eigenvalue weighted by Crippen LogP contribution is 2.23. The number of esters is 1. The molecule has 136 valence electrons. The highest BCUT2D eigenvalue weighted by molar-refractivity contribution is 5.96. The summed E-state index contributed by atoms with van der Waals surface area (Å²) < 4.78 is 17.1. The van der Waals surface area contributed by atoms with Gasteiger partial charge < -0.3 is 13.9 Å². The first-order valence-electron chi connectivity index (χ1n) is 8.21. The van der Waals surface area contributed by atoms with Crippen LogP contribution < -0.4 is 4.74 Å². The molecular formula is C18H19N3O5. The number of Topliss-reactive ketones (excluding diaryl/α,β-unsaturated/α-hetero) is 1. The van der Waals surface area contributed by atoms with Crippen LogP contribution in [0.4, 0.5) is 0 Å². The van der Waals surface area contributed by atoms with Crippen molar-refractivity contribution in [3.63, 3.8) is 0 Å². The molecule has 0 unspecified atom stereocenters. The predicted molar refractivity (Wildman–Crippen MR) is 91.6 cm³/mol. The van der Waals surface area contributed by atoms with Gasteiger partial charge in [0.05, 0.1) is 19.4 Å². The SMILES string of the molecule is CCOc1cccn2c(C(=O)CCc3nc(C(=O)OC)co3)c(C)nc12. The molecule has 0 aliphatic heterocycles. The summed E-state index contributed by atoms with van der Waals surface area (Å²) in [7, 11) is 1.27. The quantitative estimate of drug-likeness (QED) is 0.474. The zero-order valence-electron chi connectivity index (χ0n) is 14.8. The van der Waals surface area contributed by atoms with Gasteiger partial charge in [0.15, 0.2) is 28.8 Å². The third kappa shape index (κ3) is 3.30. The van der Waals surface area contributed by atoms with Crippen LogP contribution in [0.15, 0.2) is 29.0 Å². The third-order valence-electron chi connectivity index (χ3n) is 3.86. The van der Waals surface area contributed by atoms with Crippen LogP contribution in [0.3, 0.4) is 0 Å². The number of ketones is 1. The monoisotopic (exact) mass is 357 g/mol. The van der Waals surface area contributed by atoms with Gasteiger partial charge in [0.2, 0.25) is 0 Å². The molecule has 0 fully saturated rings. The van der Waals surface area contributed by atoms with Crippen LogP contribution in [0, 0.1) is 6.92 Å². The Kier molecular flexibility index (Phi) is 5.01. The van der Waals surface area contributed by atoms with Crippen molar-refractivity contribution in [2.24, 2.45) is 0 Å². The molecule has 0 saturated carbocycles. The average Bonchev–Trinajstić information content (AvgIpc) is 3.24. The van der Waals surface area contributed by atoms with Gasteiger partial charge in [-0.3, -0.25) is 9.20 Å². The third-order valence-corrected chi connectivity index (χ3v) is 3.86. The molecule has 0 N–H and O–H groups in total. The summed E-state index contributed by atoms with van der Waals surface area (Å²) in [5, 5.41) is 0. The number of oxazole rings is 1. The van der Waals surface area contributed by atoms with E-state index >= 15 is 0 Å². The fourth-order valence-corrected chi connectivity index (χ4v) is 2.72. The number of methoxy groups -OCH3 is 1. The Balaban J connectivity index is 1.80. The maximum absolute atomic E-state index is 12.7. The van der Waals surface area contributed by atoms with E-state index < -0.39 is 5.97 Å². The maximum atomic E-state index is 12.7. The van der Waals surface area contributed by atoms with Gasteiger partial charge in [0.1, 0.15) is 12.0 Å². The fraction of sp³-hybridized carbons (Fsp3) is 0.333. The van der Waals surface area contributed by atoms with Crippen LogP contribution in [0.25, 0.3) is 5.65 Å². The first kappa shape index (κ1) is 17.7. The number of fused-ring (bicyclic) bond motifs is 1. The number of nitrogens with zero attached hydrogens (tertiary/aromatic N) is 3. The first-order valence-corrected chi connectivity index (χ1v) is 8.21. The minimum atomic E-state index is -0.576. The molecule has 8 nitrogen and oxygen atoms in total. The van der Waals surface area contributed by atoms with E-state index in [1.807, 2.05) is 19.1 Å². The second-order valence-electron chi connectivity index (χ2n) is 5.59. The minimum absolute atomic E-state index is 0.0855. The molecule has 3 aromatic heterocycles. The lowest BCUT2D eigenvalue weighted by Crippen LogP contribution is -2.07. The Hall–Kier alpha value is -3.16. The van der Waals surface area contributed by atoms with Crippen molar-refractivity contribution in [2.75, 3.05) is 13.7 Å². The molecule has 0 amide bonds. The molecule has 26 heavy (non-hydrogen) atoms. The van der Waals surface area contributed by atoms with Crippen molar-refractivity contribution in [1.82, 2.24) is 14.4 Å². The molecule has 0 aliphatic rings. The minimum Gasteiger partial charge on any atom is -0.490 e. The van der Waals surface area contributed by atoms with Gasteiger partial charge in [-0.2, -0.15) is 0 Å². The Morgan fingerprint density at radius 1 is 1.31 bits per heavy atom. The van der Waals surface area contributed by atoms with E-state index in [2.05, 4.69) is 14.7 Å². The molecule has 0 saturated heterocycles. The summed E-state index contributed by atoms with van der Waals surface area (Å²) >= 11 is 0. The summed E-state index contributed by atoms with van der Waals surface area (Å²) in [6.07, 6.45) is 3.45. The molecule has 0 atom stereocenters. The molecule has 0 spiro atoms. The van der Waals surface area contributed by atoms with Crippen LogP contribution >= 0.6 is 0 Å². The maximum Gasteiger partial charge on any atom is 0.360 e. The molecule has 3 aromatic rings. The van der Waals surface area contributed by atoms with Crippen molar-refractivity contribution in [2.45, 2.75) is 26.7 Å². The zero-order valence-corrected chi connectivity index (χ0v) is 14.8. The molecular weight excluding hydrogens is 338 g/mol. The fourth-order valence-electron chi connectivity index (χ4n) is 2.72. The van der Waals surface area contributed by atoms with Gasteiger partial charge in [0.25, 0.3) is 0 Å². The Morgan fingerprint density at radius 3 is 2.85 bits per heavy atom. The normalized spacial score (nSPS) is 10.9. The van der Waals surface area contributed by atoms with Crippen molar-refractivity contribution < 1.29 is 23.5 Å². The van der Waals surface area contributed by atoms with E-state index in [1.54, 1.807) is 17.5 Å². The molecule has 3 heterocycles. The standard InChI is InChI=1S/C18H19N3O5/c1-4-25-14-6-5-9-21-16(11(2)19-17(14)21)13(22)7-8-15-20-12(10-26-15)18(23)24-3/h5-6,9-10H,4,7-8H2,1-3H3. The van der Waals surface area contributed by atoms with Gasteiger partial charge in [-0.1, -0.05) is 0 Å². The number of pyridine rings is 1. The number of imidazole rings is 1. The molecule has 0 bridgehead atoms. The lowest BCUT2D eigenvalue weighted by atomic mass is 10.1. The van der Waals surface area contributed by atoms with Gasteiger partial charge in [0, 0.05) is 19.0 Å². The van der Waals surface area contributed by atoms with Crippen molar-refractivity contribution >= 4 is 17.4 Å². The van der Waals surface area contributed by atoms with Crippen LogP contribution in [-0.4, -0.2) is 39.8 Å². The molecule has 0 radical (unpaired) electrons. The summed E-state index contributed by atoms with van der Waals surface area (Å²) in [5.74, 6) is 0.265. The average molecular weight is 357 g/mol. The first-order chi connectivity index (χ1) is 12.5. The van der Waals surface area contributed by atoms with E-state index in [0.717, 1.165) is 0 Å². The Labute approximate surface area is 149 Å². The largest absolute Gasteiger partial charge is 0.490 e. The number of aromatic nitrogens is 3. The second kappa shape index (κ2) is 7.38. The van der Waals surface area contributed by atoms with E-state index in [-0.39, 0.29) is 24.3 Å². The number of hydrogen-bond acceptors (Lipinski definition) is 7. The lowest BCUT2D eigenvalue weighted by Gasteiger charge is -2.05. The van der Waals surface area contributed by atoms with Gasteiger partial charge in [-0.25, -0.2) is 14.8 Å².